The summed E-state index contributed by atoms with van der Waals surface area (Å²) in [6, 6.07) is 9.97. The van der Waals surface area contributed by atoms with Crippen LogP contribution in [-0.2, 0) is 0 Å². The Morgan fingerprint density at radius 1 is 0.962 bits per heavy atom. The second kappa shape index (κ2) is 10.7. The Hall–Kier alpha value is -1.42. The van der Waals surface area contributed by atoms with Crippen LogP contribution in [0.25, 0.3) is 0 Å². The molecule has 0 fully saturated rings. The largest absolute Gasteiger partial charge is 0.490 e. The van der Waals surface area contributed by atoms with E-state index in [0.29, 0.717) is 38.7 Å². The average molecular weight is 415 g/mol. The Labute approximate surface area is 169 Å². The first-order chi connectivity index (χ1) is 12.5. The first kappa shape index (κ1) is 20.9. The number of carbonyl (C=O) groups is 1. The van der Waals surface area contributed by atoms with Crippen LogP contribution in [0.2, 0.25) is 15.1 Å². The summed E-state index contributed by atoms with van der Waals surface area (Å²) in [5, 5.41) is 4.03. The van der Waals surface area contributed by atoms with Gasteiger partial charge in [-0.2, -0.15) is 0 Å². The van der Waals surface area contributed by atoms with Crippen molar-refractivity contribution < 1.29 is 9.53 Å². The number of anilines is 1. The SMILES string of the molecule is CCCCCCCOc1c(Cl)cc(C(=O)Nc2ccc(Cl)cc2)cc1Cl. The fourth-order valence-corrected chi connectivity index (χ4v) is 3.17. The van der Waals surface area contributed by atoms with Gasteiger partial charge in [-0.1, -0.05) is 67.4 Å². The molecule has 2 aromatic rings. The first-order valence-corrected chi connectivity index (χ1v) is 9.83. The number of unbranched alkanes of at least 4 members (excludes halogenated alkanes) is 4. The quantitative estimate of drug-likeness (QED) is 0.439. The van der Waals surface area contributed by atoms with E-state index in [9.17, 15) is 4.79 Å². The van der Waals surface area contributed by atoms with Gasteiger partial charge in [0, 0.05) is 16.3 Å². The molecule has 0 bridgehead atoms. The van der Waals surface area contributed by atoms with E-state index < -0.39 is 0 Å². The average Bonchev–Trinajstić information content (AvgIpc) is 2.61. The van der Waals surface area contributed by atoms with Crippen molar-refractivity contribution in [1.29, 1.82) is 0 Å². The topological polar surface area (TPSA) is 38.3 Å². The van der Waals surface area contributed by atoms with Gasteiger partial charge in [0.25, 0.3) is 5.91 Å². The van der Waals surface area contributed by atoms with Crippen molar-refractivity contribution in [3.8, 4) is 5.75 Å². The minimum absolute atomic E-state index is 0.303. The number of hydrogen-bond acceptors (Lipinski definition) is 2. The number of halogens is 3. The van der Waals surface area contributed by atoms with E-state index in [2.05, 4.69) is 12.2 Å². The lowest BCUT2D eigenvalue weighted by Crippen LogP contribution is -2.12. The Morgan fingerprint density at radius 3 is 2.19 bits per heavy atom. The smallest absolute Gasteiger partial charge is 0.255 e. The third-order valence-corrected chi connectivity index (χ3v) is 4.67. The molecule has 1 N–H and O–H groups in total. The molecule has 0 saturated heterocycles. The van der Waals surface area contributed by atoms with E-state index in [1.165, 1.54) is 19.3 Å². The van der Waals surface area contributed by atoms with Crippen LogP contribution >= 0.6 is 34.8 Å². The summed E-state index contributed by atoms with van der Waals surface area (Å²) in [7, 11) is 0. The molecule has 6 heteroatoms. The van der Waals surface area contributed by atoms with Crippen molar-refractivity contribution in [2.24, 2.45) is 0 Å². The van der Waals surface area contributed by atoms with E-state index in [0.717, 1.165) is 12.8 Å². The lowest BCUT2D eigenvalue weighted by molar-refractivity contribution is 0.102. The Balaban J connectivity index is 1.96. The number of benzene rings is 2. The second-order valence-electron chi connectivity index (χ2n) is 5.99. The van der Waals surface area contributed by atoms with E-state index in [1.54, 1.807) is 36.4 Å². The Bertz CT molecular complexity index is 709. The predicted octanol–water partition coefficient (Wildman–Crippen LogP) is 7.25. The number of amides is 1. The zero-order chi connectivity index (χ0) is 18.9. The standard InChI is InChI=1S/C20H22Cl3NO2/c1-2-3-4-5-6-11-26-19-17(22)12-14(13-18(19)23)20(25)24-16-9-7-15(21)8-10-16/h7-10,12-13H,2-6,11H2,1H3,(H,24,25). The van der Waals surface area contributed by atoms with Crippen molar-refractivity contribution in [1.82, 2.24) is 0 Å². The number of carbonyl (C=O) groups excluding carboxylic acids is 1. The highest BCUT2D eigenvalue weighted by atomic mass is 35.5. The maximum Gasteiger partial charge on any atom is 0.255 e. The summed E-state index contributed by atoms with van der Waals surface area (Å²) in [6.45, 7) is 2.74. The van der Waals surface area contributed by atoms with Crippen LogP contribution in [0.15, 0.2) is 36.4 Å². The highest BCUT2D eigenvalue weighted by molar-refractivity contribution is 6.37. The number of ether oxygens (including phenoxy) is 1. The van der Waals surface area contributed by atoms with Crippen LogP contribution in [-0.4, -0.2) is 12.5 Å². The molecule has 0 aromatic heterocycles. The molecular formula is C20H22Cl3NO2. The van der Waals surface area contributed by atoms with Crippen molar-refractivity contribution in [2.45, 2.75) is 39.0 Å². The third kappa shape index (κ3) is 6.39. The molecule has 0 radical (unpaired) electrons. The molecule has 1 amide bonds. The Morgan fingerprint density at radius 2 is 1.58 bits per heavy atom. The minimum Gasteiger partial charge on any atom is -0.490 e. The summed E-state index contributed by atoms with van der Waals surface area (Å²) in [6.07, 6.45) is 5.71. The van der Waals surface area contributed by atoms with Gasteiger partial charge in [0.1, 0.15) is 0 Å². The zero-order valence-electron chi connectivity index (χ0n) is 14.7. The van der Waals surface area contributed by atoms with E-state index in [4.69, 9.17) is 39.5 Å². The highest BCUT2D eigenvalue weighted by Gasteiger charge is 2.14. The van der Waals surface area contributed by atoms with E-state index >= 15 is 0 Å². The maximum atomic E-state index is 12.4. The summed E-state index contributed by atoms with van der Waals surface area (Å²) < 4.78 is 5.70. The van der Waals surface area contributed by atoms with Gasteiger partial charge < -0.3 is 10.1 Å². The van der Waals surface area contributed by atoms with Gasteiger partial charge in [0.15, 0.2) is 5.75 Å². The molecule has 2 aromatic carbocycles. The first-order valence-electron chi connectivity index (χ1n) is 8.70. The monoisotopic (exact) mass is 413 g/mol. The van der Waals surface area contributed by atoms with Crippen LogP contribution in [0.1, 0.15) is 49.4 Å². The maximum absolute atomic E-state index is 12.4. The van der Waals surface area contributed by atoms with Gasteiger partial charge >= 0.3 is 0 Å². The molecule has 2 rings (SSSR count). The number of rotatable bonds is 9. The fourth-order valence-electron chi connectivity index (χ4n) is 2.45. The Kier molecular flexibility index (Phi) is 8.56. The van der Waals surface area contributed by atoms with E-state index in [1.807, 2.05) is 0 Å². The second-order valence-corrected chi connectivity index (χ2v) is 7.24. The van der Waals surface area contributed by atoms with Gasteiger partial charge in [-0.25, -0.2) is 0 Å². The van der Waals surface area contributed by atoms with Gasteiger partial charge in [-0.3, -0.25) is 4.79 Å². The van der Waals surface area contributed by atoms with Gasteiger partial charge in [0.05, 0.1) is 16.7 Å². The fraction of sp³-hybridized carbons (Fsp3) is 0.350. The van der Waals surface area contributed by atoms with Crippen LogP contribution in [0.5, 0.6) is 5.75 Å². The van der Waals surface area contributed by atoms with Gasteiger partial charge in [-0.15, -0.1) is 0 Å². The molecule has 0 heterocycles. The zero-order valence-corrected chi connectivity index (χ0v) is 16.9. The molecule has 0 aliphatic rings. The summed E-state index contributed by atoms with van der Waals surface area (Å²) in [5.41, 5.74) is 1.00. The lowest BCUT2D eigenvalue weighted by atomic mass is 10.1. The van der Waals surface area contributed by atoms with Gasteiger partial charge in [-0.05, 0) is 42.8 Å². The molecule has 0 atom stereocenters. The van der Waals surface area contributed by atoms with Crippen molar-refractivity contribution >= 4 is 46.4 Å². The van der Waals surface area contributed by atoms with Crippen LogP contribution < -0.4 is 10.1 Å². The minimum atomic E-state index is -0.303. The van der Waals surface area contributed by atoms with Gasteiger partial charge in [0.2, 0.25) is 0 Å². The molecule has 140 valence electrons. The molecule has 26 heavy (non-hydrogen) atoms. The number of nitrogens with one attached hydrogen (secondary N) is 1. The molecule has 3 nitrogen and oxygen atoms in total. The van der Waals surface area contributed by atoms with Crippen molar-refractivity contribution in [3.05, 3.63) is 57.0 Å². The number of hydrogen-bond donors (Lipinski definition) is 1. The van der Waals surface area contributed by atoms with Crippen LogP contribution in [0, 0.1) is 0 Å². The summed E-state index contributed by atoms with van der Waals surface area (Å²) in [5.74, 6) is 0.120. The molecule has 0 spiro atoms. The lowest BCUT2D eigenvalue weighted by Gasteiger charge is -2.12. The highest BCUT2D eigenvalue weighted by Crippen LogP contribution is 2.34. The molecule has 0 aliphatic heterocycles. The van der Waals surface area contributed by atoms with Crippen LogP contribution in [0.4, 0.5) is 5.69 Å². The van der Waals surface area contributed by atoms with E-state index in [-0.39, 0.29) is 5.91 Å². The molecule has 0 unspecified atom stereocenters. The summed E-state index contributed by atoms with van der Waals surface area (Å²) >= 11 is 18.4. The molecule has 0 saturated carbocycles. The van der Waals surface area contributed by atoms with Crippen molar-refractivity contribution in [3.63, 3.8) is 0 Å². The summed E-state index contributed by atoms with van der Waals surface area (Å²) in [4.78, 5) is 12.4. The van der Waals surface area contributed by atoms with Crippen molar-refractivity contribution in [2.75, 3.05) is 11.9 Å². The van der Waals surface area contributed by atoms with Crippen LogP contribution in [0.3, 0.4) is 0 Å². The molecule has 0 aliphatic carbocycles. The third-order valence-electron chi connectivity index (χ3n) is 3.86. The molecular weight excluding hydrogens is 393 g/mol. The normalized spacial score (nSPS) is 10.6. The predicted molar refractivity (Wildman–Crippen MR) is 110 cm³/mol.